The molecule has 1 aliphatic heterocycles. The van der Waals surface area contributed by atoms with E-state index in [9.17, 15) is 14.7 Å². The van der Waals surface area contributed by atoms with Gasteiger partial charge in [0.1, 0.15) is 0 Å². The minimum absolute atomic E-state index is 0.0333. The van der Waals surface area contributed by atoms with E-state index in [2.05, 4.69) is 10.1 Å². The Hall–Kier alpha value is -2.70. The number of aryl methyl sites for hydroxylation is 2. The van der Waals surface area contributed by atoms with Crippen LogP contribution in [0, 0.1) is 19.8 Å². The van der Waals surface area contributed by atoms with Crippen LogP contribution in [-0.2, 0) is 23.2 Å². The van der Waals surface area contributed by atoms with E-state index in [1.165, 1.54) is 0 Å². The third-order valence-electron chi connectivity index (χ3n) is 5.04. The van der Waals surface area contributed by atoms with E-state index >= 15 is 0 Å². The largest absolute Gasteiger partial charge is 0.481 e. The van der Waals surface area contributed by atoms with Crippen molar-refractivity contribution in [2.45, 2.75) is 39.3 Å². The number of likely N-dealkylation sites (tertiary alicyclic amines) is 1. The Balaban J connectivity index is 2.03. The summed E-state index contributed by atoms with van der Waals surface area (Å²) in [5.41, 5.74) is 3.56. The molecular weight excluding hydrogens is 320 g/mol. The Labute approximate surface area is 146 Å². The van der Waals surface area contributed by atoms with Crippen molar-refractivity contribution in [2.24, 2.45) is 13.0 Å². The highest BCUT2D eigenvalue weighted by Gasteiger charge is 2.41. The van der Waals surface area contributed by atoms with E-state index in [1.807, 2.05) is 27.0 Å². The van der Waals surface area contributed by atoms with Crippen LogP contribution in [0.15, 0.2) is 24.5 Å². The summed E-state index contributed by atoms with van der Waals surface area (Å²) in [7, 11) is 1.86. The van der Waals surface area contributed by atoms with Crippen LogP contribution in [0.3, 0.4) is 0 Å². The second-order valence-corrected chi connectivity index (χ2v) is 6.51. The molecule has 2 aromatic rings. The van der Waals surface area contributed by atoms with Crippen molar-refractivity contribution in [1.82, 2.24) is 19.7 Å². The molecule has 1 saturated heterocycles. The van der Waals surface area contributed by atoms with E-state index < -0.39 is 17.9 Å². The van der Waals surface area contributed by atoms with Crippen molar-refractivity contribution >= 4 is 11.9 Å². The first-order chi connectivity index (χ1) is 11.9. The van der Waals surface area contributed by atoms with E-state index in [1.54, 1.807) is 28.0 Å². The first kappa shape index (κ1) is 17.1. The van der Waals surface area contributed by atoms with Gasteiger partial charge in [-0.05, 0) is 31.9 Å². The third kappa shape index (κ3) is 3.14. The van der Waals surface area contributed by atoms with Gasteiger partial charge in [0.05, 0.1) is 17.7 Å². The molecule has 1 fully saturated rings. The number of piperidine rings is 1. The highest BCUT2D eigenvalue weighted by atomic mass is 16.4. The summed E-state index contributed by atoms with van der Waals surface area (Å²) in [4.78, 5) is 30.3. The van der Waals surface area contributed by atoms with Gasteiger partial charge in [-0.2, -0.15) is 5.10 Å². The van der Waals surface area contributed by atoms with Crippen LogP contribution in [0.2, 0.25) is 0 Å². The van der Waals surface area contributed by atoms with Crippen LogP contribution in [-0.4, -0.2) is 36.6 Å². The lowest BCUT2D eigenvalue weighted by molar-refractivity contribution is -0.152. The number of carbonyl (C=O) groups is 2. The molecule has 0 unspecified atom stereocenters. The number of aromatic nitrogens is 3. The fourth-order valence-electron chi connectivity index (χ4n) is 3.58. The second kappa shape index (κ2) is 6.66. The van der Waals surface area contributed by atoms with Crippen LogP contribution < -0.4 is 0 Å². The molecule has 2 atom stereocenters. The molecule has 3 rings (SSSR count). The van der Waals surface area contributed by atoms with E-state index in [4.69, 9.17) is 0 Å². The number of carboxylic acids is 1. The van der Waals surface area contributed by atoms with Gasteiger partial charge in [0.2, 0.25) is 5.91 Å². The average molecular weight is 342 g/mol. The summed E-state index contributed by atoms with van der Waals surface area (Å²) >= 11 is 0. The fourth-order valence-corrected chi connectivity index (χ4v) is 3.58. The summed E-state index contributed by atoms with van der Waals surface area (Å²) in [5.74, 6) is -1.56. The maximum absolute atomic E-state index is 12.7. The molecule has 0 saturated carbocycles. The van der Waals surface area contributed by atoms with E-state index in [-0.39, 0.29) is 12.3 Å². The third-order valence-corrected chi connectivity index (χ3v) is 5.04. The summed E-state index contributed by atoms with van der Waals surface area (Å²) in [6.07, 6.45) is 3.88. The molecule has 3 heterocycles. The molecule has 2 aromatic heterocycles. The van der Waals surface area contributed by atoms with Gasteiger partial charge in [-0.3, -0.25) is 19.3 Å². The lowest BCUT2D eigenvalue weighted by Crippen LogP contribution is -2.45. The van der Waals surface area contributed by atoms with Gasteiger partial charge in [-0.1, -0.05) is 6.07 Å². The van der Waals surface area contributed by atoms with Gasteiger partial charge >= 0.3 is 5.97 Å². The van der Waals surface area contributed by atoms with Crippen LogP contribution in [0.25, 0.3) is 0 Å². The van der Waals surface area contributed by atoms with Gasteiger partial charge in [0.15, 0.2) is 0 Å². The molecule has 1 N–H and O–H groups in total. The topological polar surface area (TPSA) is 88.3 Å². The molecule has 7 nitrogen and oxygen atoms in total. The highest BCUT2D eigenvalue weighted by Crippen LogP contribution is 2.38. The number of carboxylic acid groups (broad SMARTS) is 1. The van der Waals surface area contributed by atoms with Crippen molar-refractivity contribution in [3.05, 3.63) is 47.0 Å². The minimum Gasteiger partial charge on any atom is -0.481 e. The first-order valence-corrected chi connectivity index (χ1v) is 8.31. The van der Waals surface area contributed by atoms with Gasteiger partial charge in [0.25, 0.3) is 0 Å². The van der Waals surface area contributed by atoms with Crippen molar-refractivity contribution < 1.29 is 14.7 Å². The van der Waals surface area contributed by atoms with Gasteiger partial charge in [-0.25, -0.2) is 0 Å². The number of rotatable bonds is 4. The number of carbonyl (C=O) groups excluding carboxylic acids is 1. The quantitative estimate of drug-likeness (QED) is 0.918. The highest BCUT2D eigenvalue weighted by molar-refractivity contribution is 5.81. The molecule has 0 aromatic carbocycles. The van der Waals surface area contributed by atoms with Crippen molar-refractivity contribution in [1.29, 1.82) is 0 Å². The number of hydrogen-bond acceptors (Lipinski definition) is 4. The number of pyridine rings is 1. The van der Waals surface area contributed by atoms with E-state index in [0.717, 1.165) is 22.5 Å². The van der Waals surface area contributed by atoms with Gasteiger partial charge in [-0.15, -0.1) is 0 Å². The molecule has 0 aliphatic carbocycles. The zero-order valence-corrected chi connectivity index (χ0v) is 14.6. The number of nitrogens with zero attached hydrogens (tertiary/aromatic N) is 4. The normalized spacial score (nSPS) is 20.8. The molecular formula is C18H22N4O3. The maximum Gasteiger partial charge on any atom is 0.308 e. The molecule has 1 amide bonds. The number of hydrogen-bond donors (Lipinski definition) is 1. The minimum atomic E-state index is -0.883. The fraction of sp³-hybridized carbons (Fsp3) is 0.444. The Morgan fingerprint density at radius 3 is 2.72 bits per heavy atom. The first-order valence-electron chi connectivity index (χ1n) is 8.31. The Kier molecular flexibility index (Phi) is 4.57. The average Bonchev–Trinajstić information content (AvgIpc) is 2.83. The lowest BCUT2D eigenvalue weighted by Gasteiger charge is -2.39. The standard InChI is InChI=1S/C18H22N4O3/c1-11-15(12(2)21(3)20-11)10-22-16(23)7-6-14(18(24)25)17(22)13-5-4-8-19-9-13/h4-5,8-9,14,17H,6-7,10H2,1-3H3,(H,24,25)/t14-,17+/m1/s1. The summed E-state index contributed by atoms with van der Waals surface area (Å²) in [5, 5.41) is 14.1. The smallest absolute Gasteiger partial charge is 0.308 e. The number of aliphatic carboxylic acids is 1. The predicted octanol–water partition coefficient (Wildman–Crippen LogP) is 2.00. The van der Waals surface area contributed by atoms with Crippen LogP contribution >= 0.6 is 0 Å². The predicted molar refractivity (Wildman–Crippen MR) is 90.6 cm³/mol. The summed E-state index contributed by atoms with van der Waals surface area (Å²) in [6, 6.07) is 3.08. The monoisotopic (exact) mass is 342 g/mol. The summed E-state index contributed by atoms with van der Waals surface area (Å²) in [6.45, 7) is 4.22. The number of amides is 1. The maximum atomic E-state index is 12.7. The Morgan fingerprint density at radius 2 is 2.16 bits per heavy atom. The molecule has 1 aliphatic rings. The molecule has 0 radical (unpaired) electrons. The molecule has 132 valence electrons. The van der Waals surface area contributed by atoms with E-state index in [0.29, 0.717) is 13.0 Å². The second-order valence-electron chi connectivity index (χ2n) is 6.51. The molecule has 0 spiro atoms. The van der Waals surface area contributed by atoms with Crippen LogP contribution in [0.1, 0.15) is 41.4 Å². The lowest BCUT2D eigenvalue weighted by atomic mass is 9.84. The Bertz CT molecular complexity index is 800. The van der Waals surface area contributed by atoms with Gasteiger partial charge in [0, 0.05) is 43.7 Å². The zero-order chi connectivity index (χ0) is 18.1. The van der Waals surface area contributed by atoms with Gasteiger partial charge < -0.3 is 10.0 Å². The van der Waals surface area contributed by atoms with Crippen molar-refractivity contribution in [2.75, 3.05) is 0 Å². The molecule has 0 bridgehead atoms. The van der Waals surface area contributed by atoms with Crippen LogP contribution in [0.5, 0.6) is 0 Å². The molecule has 7 heteroatoms. The molecule has 25 heavy (non-hydrogen) atoms. The zero-order valence-electron chi connectivity index (χ0n) is 14.6. The summed E-state index contributed by atoms with van der Waals surface area (Å²) < 4.78 is 1.78. The SMILES string of the molecule is Cc1nn(C)c(C)c1CN1C(=O)CC[C@@H](C(=O)O)[C@@H]1c1cccnc1. The van der Waals surface area contributed by atoms with Crippen LogP contribution in [0.4, 0.5) is 0 Å². The van der Waals surface area contributed by atoms with Crippen molar-refractivity contribution in [3.8, 4) is 0 Å². The van der Waals surface area contributed by atoms with Crippen molar-refractivity contribution in [3.63, 3.8) is 0 Å². The Morgan fingerprint density at radius 1 is 1.40 bits per heavy atom.